The van der Waals surface area contributed by atoms with Gasteiger partial charge in [0, 0.05) is 37.4 Å². The van der Waals surface area contributed by atoms with E-state index in [1.54, 1.807) is 25.3 Å². The minimum Gasteiger partial charge on any atom is -0.496 e. The summed E-state index contributed by atoms with van der Waals surface area (Å²) in [6, 6.07) is 8.59. The van der Waals surface area contributed by atoms with E-state index in [0.717, 1.165) is 11.3 Å². The molecule has 0 unspecified atom stereocenters. The molecule has 0 atom stereocenters. The number of ether oxygens (including phenoxy) is 2. The zero-order valence-electron chi connectivity index (χ0n) is 19.2. The molecule has 1 saturated heterocycles. The normalized spacial score (nSPS) is 15.4. The van der Waals surface area contributed by atoms with Crippen LogP contribution in [0.2, 0.25) is 10.0 Å². The van der Waals surface area contributed by atoms with Crippen LogP contribution < -0.4 is 19.9 Å². The first-order valence-corrected chi connectivity index (χ1v) is 12.9. The molecule has 2 aromatic rings. The van der Waals surface area contributed by atoms with Crippen molar-refractivity contribution in [2.75, 3.05) is 45.2 Å². The number of anilines is 1. The van der Waals surface area contributed by atoms with Crippen molar-refractivity contribution in [2.24, 2.45) is 5.14 Å². The number of nitrogens with zero attached hydrogens (tertiary/aromatic N) is 2. The maximum absolute atomic E-state index is 12.5. The molecule has 2 aromatic carbocycles. The van der Waals surface area contributed by atoms with Crippen molar-refractivity contribution in [3.8, 4) is 17.2 Å². The van der Waals surface area contributed by atoms with Crippen LogP contribution >= 0.6 is 23.2 Å². The third kappa shape index (κ3) is 6.74. The Morgan fingerprint density at radius 3 is 2.26 bits per heavy atom. The number of rotatable bonds is 8. The Labute approximate surface area is 209 Å². The first-order chi connectivity index (χ1) is 16.0. The second kappa shape index (κ2) is 11.1. The van der Waals surface area contributed by atoms with E-state index in [4.69, 9.17) is 37.8 Å². The minimum absolute atomic E-state index is 0.0930. The molecule has 3 rings (SSSR count). The largest absolute Gasteiger partial charge is 0.496 e. The highest BCUT2D eigenvalue weighted by Gasteiger charge is 2.25. The van der Waals surface area contributed by atoms with Crippen LogP contribution in [0, 0.1) is 0 Å². The number of halogens is 2. The van der Waals surface area contributed by atoms with Crippen LogP contribution in [-0.4, -0.2) is 63.4 Å². The lowest BCUT2D eigenvalue weighted by molar-refractivity contribution is -0.117. The Hall–Kier alpha value is -2.08. The lowest BCUT2D eigenvalue weighted by Crippen LogP contribution is -2.52. The number of hydrogen-bond donors (Lipinski definition) is 2. The molecule has 1 fully saturated rings. The maximum atomic E-state index is 12.5. The highest BCUT2D eigenvalue weighted by atomic mass is 35.5. The smallest absolute Gasteiger partial charge is 0.276 e. The van der Waals surface area contributed by atoms with E-state index < -0.39 is 10.2 Å². The van der Waals surface area contributed by atoms with Gasteiger partial charge < -0.3 is 14.8 Å². The molecule has 0 saturated carbocycles. The first kappa shape index (κ1) is 26.5. The van der Waals surface area contributed by atoms with Gasteiger partial charge in [-0.3, -0.25) is 9.69 Å². The average molecular weight is 531 g/mol. The molecule has 0 aromatic heterocycles. The summed E-state index contributed by atoms with van der Waals surface area (Å²) in [5.74, 6) is 1.55. The Balaban J connectivity index is 1.64. The summed E-state index contributed by atoms with van der Waals surface area (Å²) < 4.78 is 35.3. The van der Waals surface area contributed by atoms with E-state index in [9.17, 15) is 13.2 Å². The fourth-order valence-corrected chi connectivity index (χ4v) is 4.86. The van der Waals surface area contributed by atoms with Gasteiger partial charge in [-0.25, -0.2) is 5.14 Å². The monoisotopic (exact) mass is 530 g/mol. The van der Waals surface area contributed by atoms with Crippen molar-refractivity contribution in [3.63, 3.8) is 0 Å². The molecule has 0 aliphatic carbocycles. The first-order valence-electron chi connectivity index (χ1n) is 10.6. The van der Waals surface area contributed by atoms with Crippen molar-refractivity contribution in [3.05, 3.63) is 45.9 Å². The van der Waals surface area contributed by atoms with Crippen molar-refractivity contribution in [2.45, 2.75) is 19.8 Å². The van der Waals surface area contributed by atoms with Gasteiger partial charge in [-0.1, -0.05) is 37.0 Å². The summed E-state index contributed by atoms with van der Waals surface area (Å²) >= 11 is 12.8. The highest BCUT2D eigenvalue weighted by Crippen LogP contribution is 2.40. The number of carbonyl (C=O) groups excluding carboxylic acids is 1. The van der Waals surface area contributed by atoms with Gasteiger partial charge in [-0.2, -0.15) is 12.7 Å². The second-order valence-corrected chi connectivity index (χ2v) is 10.6. The molecule has 0 bridgehead atoms. The number of hydrogen-bond acceptors (Lipinski definition) is 6. The summed E-state index contributed by atoms with van der Waals surface area (Å²) in [4.78, 5) is 14.3. The standard InChI is InChI=1S/C22H28Cl2N4O5S/c1-14(2)17-12-16(4-5-20(17)32-3)33-22-18(23)10-15(11-19(22)24)26-21(29)13-27-6-8-28(9-7-27)34(25,30)31/h4-5,10-12,14H,6-9,13H2,1-3H3,(H,26,29)(H2,25,30,31). The second-order valence-electron chi connectivity index (χ2n) is 8.20. The third-order valence-electron chi connectivity index (χ3n) is 5.38. The number of benzene rings is 2. The molecular formula is C22H28Cl2N4O5S. The summed E-state index contributed by atoms with van der Waals surface area (Å²) in [5, 5.41) is 8.39. The van der Waals surface area contributed by atoms with Gasteiger partial charge in [0.2, 0.25) is 5.91 Å². The molecule has 1 heterocycles. The summed E-state index contributed by atoms with van der Waals surface area (Å²) in [6.07, 6.45) is 0. The molecule has 0 radical (unpaired) electrons. The molecule has 1 aliphatic rings. The summed E-state index contributed by atoms with van der Waals surface area (Å²) in [6.45, 7) is 5.48. The Morgan fingerprint density at radius 1 is 1.12 bits per heavy atom. The maximum Gasteiger partial charge on any atom is 0.276 e. The summed E-state index contributed by atoms with van der Waals surface area (Å²) in [7, 11) is -2.10. The Morgan fingerprint density at radius 2 is 1.74 bits per heavy atom. The van der Waals surface area contributed by atoms with Gasteiger partial charge in [-0.15, -0.1) is 0 Å². The van der Waals surface area contributed by atoms with E-state index >= 15 is 0 Å². The van der Waals surface area contributed by atoms with Gasteiger partial charge in [0.15, 0.2) is 5.75 Å². The zero-order chi connectivity index (χ0) is 25.0. The van der Waals surface area contributed by atoms with Crippen molar-refractivity contribution in [1.29, 1.82) is 0 Å². The SMILES string of the molecule is COc1ccc(Oc2c(Cl)cc(NC(=O)CN3CCN(S(N)(=O)=O)CC3)cc2Cl)cc1C(C)C. The average Bonchev–Trinajstić information content (AvgIpc) is 2.75. The molecule has 0 spiro atoms. The van der Waals surface area contributed by atoms with Crippen LogP contribution in [0.4, 0.5) is 5.69 Å². The zero-order valence-corrected chi connectivity index (χ0v) is 21.5. The van der Waals surface area contributed by atoms with Gasteiger partial charge in [0.1, 0.15) is 11.5 Å². The lowest BCUT2D eigenvalue weighted by Gasteiger charge is -2.32. The molecule has 3 N–H and O–H groups in total. The summed E-state index contributed by atoms with van der Waals surface area (Å²) in [5.41, 5.74) is 1.41. The number of methoxy groups -OCH3 is 1. The van der Waals surface area contributed by atoms with E-state index in [2.05, 4.69) is 19.2 Å². The van der Waals surface area contributed by atoms with Crippen LogP contribution in [0.15, 0.2) is 30.3 Å². The quantitative estimate of drug-likeness (QED) is 0.537. The van der Waals surface area contributed by atoms with Crippen LogP contribution in [-0.2, 0) is 15.0 Å². The number of carbonyl (C=O) groups is 1. The fraction of sp³-hybridized carbons (Fsp3) is 0.409. The highest BCUT2D eigenvalue weighted by molar-refractivity contribution is 7.86. The van der Waals surface area contributed by atoms with Crippen LogP contribution in [0.1, 0.15) is 25.3 Å². The molecule has 34 heavy (non-hydrogen) atoms. The molecule has 9 nitrogen and oxygen atoms in total. The van der Waals surface area contributed by atoms with Crippen molar-refractivity contribution >= 4 is 45.0 Å². The van der Waals surface area contributed by atoms with Gasteiger partial charge in [0.25, 0.3) is 10.2 Å². The van der Waals surface area contributed by atoms with Crippen LogP contribution in [0.25, 0.3) is 0 Å². The van der Waals surface area contributed by atoms with Crippen molar-refractivity contribution in [1.82, 2.24) is 9.21 Å². The minimum atomic E-state index is -3.71. The van der Waals surface area contributed by atoms with Crippen LogP contribution in [0.3, 0.4) is 0 Å². The van der Waals surface area contributed by atoms with Gasteiger partial charge >= 0.3 is 0 Å². The van der Waals surface area contributed by atoms with E-state index in [1.165, 1.54) is 4.31 Å². The molecular weight excluding hydrogens is 503 g/mol. The Bertz CT molecular complexity index is 1130. The van der Waals surface area contributed by atoms with Gasteiger partial charge in [-0.05, 0) is 36.2 Å². The van der Waals surface area contributed by atoms with Crippen molar-refractivity contribution < 1.29 is 22.7 Å². The molecule has 1 aliphatic heterocycles. The molecule has 12 heteroatoms. The van der Waals surface area contributed by atoms with E-state index in [1.807, 2.05) is 17.0 Å². The number of piperazine rings is 1. The third-order valence-corrected chi connectivity index (χ3v) is 7.03. The number of amides is 1. The van der Waals surface area contributed by atoms with E-state index in [0.29, 0.717) is 24.5 Å². The number of nitrogens with two attached hydrogens (primary N) is 1. The molecule has 186 valence electrons. The fourth-order valence-electron chi connectivity index (χ4n) is 3.62. The Kier molecular flexibility index (Phi) is 8.66. The predicted molar refractivity (Wildman–Crippen MR) is 133 cm³/mol. The van der Waals surface area contributed by atoms with Gasteiger partial charge in [0.05, 0.1) is 23.7 Å². The predicted octanol–water partition coefficient (Wildman–Crippen LogP) is 3.68. The lowest BCUT2D eigenvalue weighted by atomic mass is 10.0. The van der Waals surface area contributed by atoms with E-state index in [-0.39, 0.29) is 47.3 Å². The molecule has 1 amide bonds. The van der Waals surface area contributed by atoms with Crippen LogP contribution in [0.5, 0.6) is 17.2 Å². The topological polar surface area (TPSA) is 114 Å². The number of nitrogens with one attached hydrogen (secondary N) is 1.